The summed E-state index contributed by atoms with van der Waals surface area (Å²) in [5, 5.41) is 0.985. The van der Waals surface area contributed by atoms with Crippen LogP contribution in [0.15, 0.2) is 24.3 Å². The lowest BCUT2D eigenvalue weighted by atomic mass is 9.72. The first-order chi connectivity index (χ1) is 10.9. The van der Waals surface area contributed by atoms with Crippen molar-refractivity contribution in [1.82, 2.24) is 9.97 Å². The fourth-order valence-electron chi connectivity index (χ4n) is 3.43. The van der Waals surface area contributed by atoms with Crippen LogP contribution < -0.4 is 16.4 Å². The van der Waals surface area contributed by atoms with Crippen LogP contribution in [0, 0.1) is 0 Å². The average molecular weight is 313 g/mol. The quantitative estimate of drug-likeness (QED) is 0.895. The fraction of sp³-hybridized carbons (Fsp3) is 0.471. The number of hydrogen-bond acceptors (Lipinski definition) is 5. The molecule has 1 aromatic heterocycles. The van der Waals surface area contributed by atoms with Crippen LogP contribution in [0.1, 0.15) is 37.4 Å². The number of carbonyl (C=O) groups excluding carboxylic acids is 1. The van der Waals surface area contributed by atoms with Crippen molar-refractivity contribution in [3.05, 3.63) is 30.1 Å². The van der Waals surface area contributed by atoms with Gasteiger partial charge in [-0.2, -0.15) is 0 Å². The number of aromatic nitrogens is 2. The molecule has 6 heteroatoms. The molecule has 0 radical (unpaired) electrons. The summed E-state index contributed by atoms with van der Waals surface area (Å²) < 4.78 is 0. The molecule has 1 amide bonds. The van der Waals surface area contributed by atoms with Crippen molar-refractivity contribution < 1.29 is 4.79 Å². The lowest BCUT2D eigenvalue weighted by molar-refractivity contribution is -0.125. The maximum absolute atomic E-state index is 12.0. The molecule has 1 fully saturated rings. The Kier molecular flexibility index (Phi) is 3.93. The summed E-state index contributed by atoms with van der Waals surface area (Å²) in [4.78, 5) is 23.4. The second kappa shape index (κ2) is 5.77. The highest BCUT2D eigenvalue weighted by Gasteiger charge is 2.44. The summed E-state index contributed by atoms with van der Waals surface area (Å²) in [5.74, 6) is 0.749. The zero-order valence-electron chi connectivity index (χ0n) is 13.6. The van der Waals surface area contributed by atoms with E-state index < -0.39 is 11.4 Å². The predicted octanol–water partition coefficient (Wildman–Crippen LogP) is 1.54. The Labute approximate surface area is 135 Å². The summed E-state index contributed by atoms with van der Waals surface area (Å²) in [6, 6.07) is 7.87. The third kappa shape index (κ3) is 2.63. The minimum atomic E-state index is -1.07. The van der Waals surface area contributed by atoms with Crippen molar-refractivity contribution in [2.75, 3.05) is 19.0 Å². The number of para-hydroxylation sites is 1. The predicted molar refractivity (Wildman–Crippen MR) is 91.2 cm³/mol. The third-order valence-corrected chi connectivity index (χ3v) is 4.75. The molecule has 6 nitrogen and oxygen atoms in total. The molecule has 1 heterocycles. The topological polar surface area (TPSA) is 98.1 Å². The van der Waals surface area contributed by atoms with Gasteiger partial charge in [-0.3, -0.25) is 4.79 Å². The summed E-state index contributed by atoms with van der Waals surface area (Å²) >= 11 is 0. The van der Waals surface area contributed by atoms with E-state index in [1.54, 1.807) is 0 Å². The van der Waals surface area contributed by atoms with Crippen LogP contribution >= 0.6 is 0 Å². The second-order valence-corrected chi connectivity index (χ2v) is 6.52. The molecule has 1 aliphatic carbocycles. The van der Waals surface area contributed by atoms with E-state index in [-0.39, 0.29) is 5.92 Å². The molecule has 23 heavy (non-hydrogen) atoms. The van der Waals surface area contributed by atoms with Crippen LogP contribution in [-0.2, 0) is 4.79 Å². The number of carbonyl (C=O) groups is 1. The Morgan fingerprint density at radius 2 is 2.00 bits per heavy atom. The summed E-state index contributed by atoms with van der Waals surface area (Å²) in [6.45, 7) is 0. The molecule has 2 atom stereocenters. The van der Waals surface area contributed by atoms with Gasteiger partial charge < -0.3 is 16.4 Å². The number of benzene rings is 1. The molecule has 4 N–H and O–H groups in total. The Balaban J connectivity index is 2.17. The zero-order chi connectivity index (χ0) is 16.6. The first-order valence-electron chi connectivity index (χ1n) is 7.96. The van der Waals surface area contributed by atoms with Gasteiger partial charge >= 0.3 is 0 Å². The Bertz CT molecular complexity index is 745. The molecule has 122 valence electrons. The minimum Gasteiger partial charge on any atom is -0.368 e. The molecule has 1 aliphatic rings. The number of anilines is 1. The zero-order valence-corrected chi connectivity index (χ0v) is 13.6. The van der Waals surface area contributed by atoms with E-state index in [2.05, 4.69) is 0 Å². The number of fused-ring (bicyclic) bond motifs is 1. The van der Waals surface area contributed by atoms with Gasteiger partial charge in [0, 0.05) is 25.4 Å². The number of nitrogens with zero attached hydrogens (tertiary/aromatic N) is 3. The lowest BCUT2D eigenvalue weighted by Gasteiger charge is -2.37. The van der Waals surface area contributed by atoms with E-state index in [0.29, 0.717) is 12.2 Å². The molecular weight excluding hydrogens is 290 g/mol. The van der Waals surface area contributed by atoms with E-state index in [0.717, 1.165) is 36.0 Å². The highest BCUT2D eigenvalue weighted by Crippen LogP contribution is 2.39. The van der Waals surface area contributed by atoms with Gasteiger partial charge in [0.15, 0.2) is 0 Å². The standard InChI is InChI=1S/C17H23N5O/c1-22(2)15-11-7-3-4-9-13(11)20-14(21-15)12-8-5-6-10-17(12,19)16(18)23/h3-4,7,9,12H,5-6,8,10,19H2,1-2H3,(H2,18,23). The van der Waals surface area contributed by atoms with Gasteiger partial charge in [-0.1, -0.05) is 25.0 Å². The van der Waals surface area contributed by atoms with E-state index in [1.807, 2.05) is 43.3 Å². The average Bonchev–Trinajstić information content (AvgIpc) is 2.54. The molecule has 0 aliphatic heterocycles. The molecular formula is C17H23N5O. The number of hydrogen-bond donors (Lipinski definition) is 2. The van der Waals surface area contributed by atoms with Crippen molar-refractivity contribution in [1.29, 1.82) is 0 Å². The van der Waals surface area contributed by atoms with Crippen LogP contribution in [0.2, 0.25) is 0 Å². The maximum Gasteiger partial charge on any atom is 0.238 e. The molecule has 0 saturated heterocycles. The maximum atomic E-state index is 12.0. The molecule has 2 aromatic rings. The Morgan fingerprint density at radius 3 is 2.70 bits per heavy atom. The van der Waals surface area contributed by atoms with Gasteiger partial charge in [0.25, 0.3) is 0 Å². The van der Waals surface area contributed by atoms with Gasteiger partial charge in [-0.05, 0) is 25.0 Å². The molecule has 1 saturated carbocycles. The van der Waals surface area contributed by atoms with E-state index in [1.165, 1.54) is 0 Å². The minimum absolute atomic E-state index is 0.239. The molecule has 0 bridgehead atoms. The van der Waals surface area contributed by atoms with Gasteiger partial charge in [0.05, 0.1) is 5.52 Å². The van der Waals surface area contributed by atoms with Crippen molar-refractivity contribution in [3.63, 3.8) is 0 Å². The first kappa shape index (κ1) is 15.7. The number of nitrogens with two attached hydrogens (primary N) is 2. The molecule has 2 unspecified atom stereocenters. The lowest BCUT2D eigenvalue weighted by Crippen LogP contribution is -2.58. The van der Waals surface area contributed by atoms with Gasteiger partial charge in [0.1, 0.15) is 17.2 Å². The summed E-state index contributed by atoms with van der Waals surface area (Å²) in [6.07, 6.45) is 3.28. The van der Waals surface area contributed by atoms with E-state index in [4.69, 9.17) is 21.4 Å². The Hall–Kier alpha value is -2.21. The number of primary amides is 1. The highest BCUT2D eigenvalue weighted by atomic mass is 16.1. The van der Waals surface area contributed by atoms with Gasteiger partial charge in [-0.15, -0.1) is 0 Å². The van der Waals surface area contributed by atoms with Gasteiger partial charge in [0.2, 0.25) is 5.91 Å². The van der Waals surface area contributed by atoms with Crippen LogP contribution in [-0.4, -0.2) is 35.5 Å². The Morgan fingerprint density at radius 1 is 1.26 bits per heavy atom. The molecule has 1 aromatic carbocycles. The summed E-state index contributed by atoms with van der Waals surface area (Å²) in [5.41, 5.74) is 11.8. The van der Waals surface area contributed by atoms with Crippen LogP contribution in [0.4, 0.5) is 5.82 Å². The SMILES string of the molecule is CN(C)c1nc(C2CCCCC2(N)C(N)=O)nc2ccccc12. The summed E-state index contributed by atoms with van der Waals surface area (Å²) in [7, 11) is 3.90. The number of rotatable bonds is 3. The first-order valence-corrected chi connectivity index (χ1v) is 7.96. The van der Waals surface area contributed by atoms with Crippen LogP contribution in [0.25, 0.3) is 10.9 Å². The van der Waals surface area contributed by atoms with Crippen molar-refractivity contribution in [2.45, 2.75) is 37.1 Å². The molecule has 3 rings (SSSR count). The van der Waals surface area contributed by atoms with Crippen LogP contribution in [0.5, 0.6) is 0 Å². The molecule has 0 spiro atoms. The smallest absolute Gasteiger partial charge is 0.238 e. The van der Waals surface area contributed by atoms with Crippen molar-refractivity contribution in [3.8, 4) is 0 Å². The van der Waals surface area contributed by atoms with Crippen molar-refractivity contribution in [2.24, 2.45) is 11.5 Å². The van der Waals surface area contributed by atoms with Crippen LogP contribution in [0.3, 0.4) is 0 Å². The van der Waals surface area contributed by atoms with Crippen molar-refractivity contribution >= 4 is 22.6 Å². The van der Waals surface area contributed by atoms with E-state index in [9.17, 15) is 4.79 Å². The second-order valence-electron chi connectivity index (χ2n) is 6.52. The normalized spacial score (nSPS) is 24.6. The highest BCUT2D eigenvalue weighted by molar-refractivity contribution is 5.90. The fourth-order valence-corrected chi connectivity index (χ4v) is 3.43. The van der Waals surface area contributed by atoms with E-state index >= 15 is 0 Å². The van der Waals surface area contributed by atoms with Gasteiger partial charge in [-0.25, -0.2) is 9.97 Å². The third-order valence-electron chi connectivity index (χ3n) is 4.75. The monoisotopic (exact) mass is 313 g/mol. The largest absolute Gasteiger partial charge is 0.368 e. The number of amides is 1.